The first-order chi connectivity index (χ1) is 12.0. The topological polar surface area (TPSA) is 63.7 Å². The molecule has 0 aliphatic heterocycles. The van der Waals surface area contributed by atoms with Gasteiger partial charge >= 0.3 is 0 Å². The van der Waals surface area contributed by atoms with Crippen LogP contribution in [-0.2, 0) is 21.2 Å². The van der Waals surface area contributed by atoms with Gasteiger partial charge in [0.05, 0.1) is 4.90 Å². The molecule has 6 heteroatoms. The summed E-state index contributed by atoms with van der Waals surface area (Å²) in [6, 6.07) is 14.4. The van der Waals surface area contributed by atoms with E-state index in [0.717, 1.165) is 11.1 Å². The monoisotopic (exact) mass is 361 g/mol. The smallest absolute Gasteiger partial charge is 0.243 e. The molecule has 0 spiro atoms. The van der Waals surface area contributed by atoms with Gasteiger partial charge in [0.1, 0.15) is 12.4 Å². The van der Waals surface area contributed by atoms with Crippen LogP contribution in [0.4, 0.5) is 0 Å². The summed E-state index contributed by atoms with van der Waals surface area (Å²) < 4.78 is 32.2. The van der Waals surface area contributed by atoms with Crippen LogP contribution in [0.5, 0.6) is 5.75 Å². The number of hydrogen-bond acceptors (Lipinski definition) is 4. The van der Waals surface area contributed by atoms with Gasteiger partial charge in [0.25, 0.3) is 0 Å². The molecule has 5 nitrogen and oxygen atoms in total. The molecule has 2 rings (SSSR count). The number of rotatable bonds is 9. The third kappa shape index (κ3) is 4.67. The summed E-state index contributed by atoms with van der Waals surface area (Å²) >= 11 is 0. The number of benzene rings is 2. The molecule has 0 aromatic heterocycles. The number of sulfonamides is 1. The van der Waals surface area contributed by atoms with Crippen molar-refractivity contribution >= 4 is 16.3 Å². The molecule has 0 saturated carbocycles. The number of nitrogens with zero attached hydrogens (tertiary/aromatic N) is 1. The lowest BCUT2D eigenvalue weighted by atomic mass is 10.0. The maximum absolute atomic E-state index is 12.7. The Morgan fingerprint density at radius 3 is 2.44 bits per heavy atom. The second kappa shape index (κ2) is 8.78. The van der Waals surface area contributed by atoms with Gasteiger partial charge in [-0.15, -0.1) is 0 Å². The largest absolute Gasteiger partial charge is 0.486 e. The first kappa shape index (κ1) is 19.1. The van der Waals surface area contributed by atoms with Gasteiger partial charge < -0.3 is 4.74 Å². The van der Waals surface area contributed by atoms with Crippen LogP contribution in [0.3, 0.4) is 0 Å². The van der Waals surface area contributed by atoms with Gasteiger partial charge in [-0.2, -0.15) is 4.31 Å². The highest BCUT2D eigenvalue weighted by Crippen LogP contribution is 2.23. The van der Waals surface area contributed by atoms with Gasteiger partial charge in [-0.05, 0) is 29.3 Å². The van der Waals surface area contributed by atoms with Gasteiger partial charge in [-0.25, -0.2) is 8.42 Å². The quantitative estimate of drug-likeness (QED) is 0.644. The molecule has 0 amide bonds. The summed E-state index contributed by atoms with van der Waals surface area (Å²) in [4.78, 5) is 10.8. The summed E-state index contributed by atoms with van der Waals surface area (Å²) in [7, 11) is -3.48. The molecule has 0 bridgehead atoms. The molecular weight excluding hydrogens is 338 g/mol. The summed E-state index contributed by atoms with van der Waals surface area (Å²) in [6.07, 6.45) is 1.23. The molecule has 0 heterocycles. The van der Waals surface area contributed by atoms with E-state index in [0.29, 0.717) is 36.4 Å². The van der Waals surface area contributed by atoms with Crippen LogP contribution in [0.2, 0.25) is 0 Å². The molecule has 0 aliphatic rings. The Morgan fingerprint density at radius 1 is 1.04 bits per heavy atom. The van der Waals surface area contributed by atoms with Crippen LogP contribution in [0, 0.1) is 0 Å². The minimum atomic E-state index is -3.48. The molecule has 2 aromatic carbocycles. The van der Waals surface area contributed by atoms with Gasteiger partial charge in [-0.1, -0.05) is 44.2 Å². The zero-order chi connectivity index (χ0) is 18.3. The van der Waals surface area contributed by atoms with Gasteiger partial charge in [0, 0.05) is 19.5 Å². The van der Waals surface area contributed by atoms with Crippen molar-refractivity contribution in [2.24, 2.45) is 0 Å². The zero-order valence-electron chi connectivity index (χ0n) is 14.5. The summed E-state index contributed by atoms with van der Waals surface area (Å²) in [5, 5.41) is 0. The SMILES string of the molecule is CCN(CC)S(=O)(=O)c1cccc(Cc2ccccc2OCC=O)c1. The van der Waals surface area contributed by atoms with Crippen molar-refractivity contribution in [2.75, 3.05) is 19.7 Å². The summed E-state index contributed by atoms with van der Waals surface area (Å²) in [5.74, 6) is 0.631. The fraction of sp³-hybridized carbons (Fsp3) is 0.316. The lowest BCUT2D eigenvalue weighted by Gasteiger charge is -2.19. The van der Waals surface area contributed by atoms with E-state index in [1.165, 1.54) is 4.31 Å². The van der Waals surface area contributed by atoms with Gasteiger partial charge in [0.2, 0.25) is 10.0 Å². The highest BCUT2D eigenvalue weighted by Gasteiger charge is 2.21. The number of aldehydes is 1. The van der Waals surface area contributed by atoms with E-state index in [4.69, 9.17) is 4.74 Å². The third-order valence-corrected chi connectivity index (χ3v) is 5.96. The van der Waals surface area contributed by atoms with Crippen molar-refractivity contribution in [1.82, 2.24) is 4.31 Å². The fourth-order valence-electron chi connectivity index (χ4n) is 2.66. The highest BCUT2D eigenvalue weighted by molar-refractivity contribution is 7.89. The molecule has 0 aliphatic carbocycles. The van der Waals surface area contributed by atoms with Crippen LogP contribution in [-0.4, -0.2) is 38.7 Å². The predicted octanol–water partition coefficient (Wildman–Crippen LogP) is 2.89. The van der Waals surface area contributed by atoms with Gasteiger partial charge in [0.15, 0.2) is 6.29 Å². The summed E-state index contributed by atoms with van der Waals surface area (Å²) in [6.45, 7) is 4.52. The Kier molecular flexibility index (Phi) is 6.73. The molecule has 25 heavy (non-hydrogen) atoms. The molecule has 0 fully saturated rings. The molecular formula is C19H23NO4S. The van der Waals surface area contributed by atoms with E-state index in [1.807, 2.05) is 38.1 Å². The molecule has 0 unspecified atom stereocenters. The number of ether oxygens (including phenoxy) is 1. The van der Waals surface area contributed by atoms with E-state index in [9.17, 15) is 13.2 Å². The average molecular weight is 361 g/mol. The van der Waals surface area contributed by atoms with Crippen LogP contribution < -0.4 is 4.74 Å². The van der Waals surface area contributed by atoms with Crippen molar-refractivity contribution in [2.45, 2.75) is 25.2 Å². The van der Waals surface area contributed by atoms with Crippen LogP contribution in [0.15, 0.2) is 53.4 Å². The van der Waals surface area contributed by atoms with E-state index in [-0.39, 0.29) is 6.61 Å². The Morgan fingerprint density at radius 2 is 1.76 bits per heavy atom. The Labute approximate surface area is 149 Å². The number of carbonyl (C=O) groups is 1. The predicted molar refractivity (Wildman–Crippen MR) is 97.4 cm³/mol. The molecule has 0 N–H and O–H groups in total. The van der Waals surface area contributed by atoms with Crippen molar-refractivity contribution in [3.63, 3.8) is 0 Å². The number of carbonyl (C=O) groups excluding carboxylic acids is 1. The molecule has 134 valence electrons. The highest BCUT2D eigenvalue weighted by atomic mass is 32.2. The standard InChI is InChI=1S/C19H23NO4S/c1-3-20(4-2)25(22,23)18-10-7-8-16(15-18)14-17-9-5-6-11-19(17)24-13-12-21/h5-12,15H,3-4,13-14H2,1-2H3. The van der Waals surface area contributed by atoms with Crippen molar-refractivity contribution in [3.8, 4) is 5.75 Å². The Bertz CT molecular complexity index is 814. The van der Waals surface area contributed by atoms with Crippen molar-refractivity contribution in [1.29, 1.82) is 0 Å². The first-order valence-corrected chi connectivity index (χ1v) is 9.70. The van der Waals surface area contributed by atoms with E-state index in [2.05, 4.69) is 0 Å². The molecule has 0 atom stereocenters. The van der Waals surface area contributed by atoms with E-state index in [1.54, 1.807) is 24.3 Å². The van der Waals surface area contributed by atoms with Gasteiger partial charge in [-0.3, -0.25) is 4.79 Å². The second-order valence-corrected chi connectivity index (χ2v) is 7.44. The minimum Gasteiger partial charge on any atom is -0.486 e. The second-order valence-electron chi connectivity index (χ2n) is 5.50. The zero-order valence-corrected chi connectivity index (χ0v) is 15.3. The first-order valence-electron chi connectivity index (χ1n) is 8.26. The van der Waals surface area contributed by atoms with Crippen LogP contribution in [0.25, 0.3) is 0 Å². The van der Waals surface area contributed by atoms with Crippen LogP contribution >= 0.6 is 0 Å². The number of para-hydroxylation sites is 1. The average Bonchev–Trinajstić information content (AvgIpc) is 2.62. The Hall–Kier alpha value is -2.18. The normalized spacial score (nSPS) is 11.5. The Balaban J connectivity index is 2.30. The van der Waals surface area contributed by atoms with Crippen molar-refractivity contribution < 1.29 is 17.9 Å². The van der Waals surface area contributed by atoms with Crippen LogP contribution in [0.1, 0.15) is 25.0 Å². The van der Waals surface area contributed by atoms with Crippen molar-refractivity contribution in [3.05, 3.63) is 59.7 Å². The number of hydrogen-bond donors (Lipinski definition) is 0. The third-order valence-electron chi connectivity index (χ3n) is 3.92. The maximum atomic E-state index is 12.7. The van der Waals surface area contributed by atoms with E-state index >= 15 is 0 Å². The summed E-state index contributed by atoms with van der Waals surface area (Å²) in [5.41, 5.74) is 1.78. The molecule has 0 radical (unpaired) electrons. The lowest BCUT2D eigenvalue weighted by Crippen LogP contribution is -2.30. The molecule has 2 aromatic rings. The molecule has 0 saturated heterocycles. The lowest BCUT2D eigenvalue weighted by molar-refractivity contribution is -0.109. The maximum Gasteiger partial charge on any atom is 0.243 e. The fourth-order valence-corrected chi connectivity index (χ4v) is 4.19. The minimum absolute atomic E-state index is 0.00656. The van der Waals surface area contributed by atoms with E-state index < -0.39 is 10.0 Å².